The fourth-order valence-electron chi connectivity index (χ4n) is 1.64. The molecule has 0 amide bonds. The van der Waals surface area contributed by atoms with Gasteiger partial charge in [-0.15, -0.1) is 0 Å². The molecule has 2 aromatic rings. The molecule has 0 unspecified atom stereocenters. The normalized spacial score (nSPS) is 12.3. The van der Waals surface area contributed by atoms with Crippen molar-refractivity contribution in [2.45, 2.75) is 19.6 Å². The van der Waals surface area contributed by atoms with Gasteiger partial charge in [-0.1, -0.05) is 0 Å². The summed E-state index contributed by atoms with van der Waals surface area (Å²) in [6.07, 6.45) is -4.52. The van der Waals surface area contributed by atoms with Crippen LogP contribution in [0.2, 0.25) is 0 Å². The van der Waals surface area contributed by atoms with E-state index in [1.54, 1.807) is 6.92 Å². The Labute approximate surface area is 88.5 Å². The van der Waals surface area contributed by atoms with Gasteiger partial charge in [0.15, 0.2) is 0 Å². The first-order valence-electron chi connectivity index (χ1n) is 4.66. The molecule has 1 aromatic heterocycles. The van der Waals surface area contributed by atoms with E-state index in [0.717, 1.165) is 16.7 Å². The summed E-state index contributed by atoms with van der Waals surface area (Å²) in [7, 11) is 0. The molecule has 0 aliphatic rings. The molecule has 0 spiro atoms. The molecule has 6 heteroatoms. The number of halogens is 4. The van der Waals surface area contributed by atoms with E-state index in [1.165, 1.54) is 6.07 Å². The van der Waals surface area contributed by atoms with Gasteiger partial charge in [-0.3, -0.25) is 0 Å². The highest BCUT2D eigenvalue weighted by Crippen LogP contribution is 2.31. The molecule has 0 bridgehead atoms. The summed E-state index contributed by atoms with van der Waals surface area (Å²) in [5.74, 6) is -1.59. The van der Waals surface area contributed by atoms with E-state index in [-0.39, 0.29) is 17.6 Å². The molecule has 0 aliphatic heterocycles. The van der Waals surface area contributed by atoms with Crippen LogP contribution in [-0.4, -0.2) is 9.55 Å². The lowest BCUT2D eigenvalue weighted by molar-refractivity contribution is -0.146. The number of aromatic nitrogens is 2. The van der Waals surface area contributed by atoms with E-state index in [0.29, 0.717) is 0 Å². The quantitative estimate of drug-likeness (QED) is 0.690. The highest BCUT2D eigenvalue weighted by molar-refractivity contribution is 5.76. The Hall–Kier alpha value is -1.59. The van der Waals surface area contributed by atoms with Crippen molar-refractivity contribution in [1.29, 1.82) is 0 Å². The first-order chi connectivity index (χ1) is 7.43. The molecule has 0 saturated heterocycles. The summed E-state index contributed by atoms with van der Waals surface area (Å²) < 4.78 is 51.7. The van der Waals surface area contributed by atoms with E-state index in [2.05, 4.69) is 4.98 Å². The van der Waals surface area contributed by atoms with Crippen LogP contribution in [0.3, 0.4) is 0 Å². The molecule has 0 N–H and O–H groups in total. The summed E-state index contributed by atoms with van der Waals surface area (Å²) >= 11 is 0. The third kappa shape index (κ3) is 1.64. The minimum atomic E-state index is -4.52. The molecule has 0 atom stereocenters. The lowest BCUT2D eigenvalue weighted by Crippen LogP contribution is -2.14. The van der Waals surface area contributed by atoms with Gasteiger partial charge in [0.1, 0.15) is 5.82 Å². The molecule has 2 nitrogen and oxygen atoms in total. The van der Waals surface area contributed by atoms with Crippen LogP contribution in [0, 0.1) is 5.82 Å². The Morgan fingerprint density at radius 1 is 1.31 bits per heavy atom. The number of imidazole rings is 1. The zero-order chi connectivity index (χ0) is 11.9. The summed E-state index contributed by atoms with van der Waals surface area (Å²) in [6, 6.07) is 3.42. The predicted molar refractivity (Wildman–Crippen MR) is 50.4 cm³/mol. The molecule has 1 heterocycles. The fourth-order valence-corrected chi connectivity index (χ4v) is 1.64. The van der Waals surface area contributed by atoms with Gasteiger partial charge in [0.05, 0.1) is 11.0 Å². The van der Waals surface area contributed by atoms with Crippen LogP contribution in [0.1, 0.15) is 12.7 Å². The van der Waals surface area contributed by atoms with Crippen molar-refractivity contribution in [3.8, 4) is 0 Å². The van der Waals surface area contributed by atoms with Gasteiger partial charge in [-0.05, 0) is 19.1 Å². The molecule has 0 radical (unpaired) electrons. The zero-order valence-corrected chi connectivity index (χ0v) is 8.35. The van der Waals surface area contributed by atoms with Crippen molar-refractivity contribution >= 4 is 11.0 Å². The standard InChI is InChI=1S/C10H8F4N2/c1-2-16-8-4-3-6(11)5-7(8)15-9(16)10(12,13)14/h3-5H,2H2,1H3. The zero-order valence-electron chi connectivity index (χ0n) is 8.35. The second-order valence-electron chi connectivity index (χ2n) is 3.31. The van der Waals surface area contributed by atoms with Crippen LogP contribution < -0.4 is 0 Å². The Morgan fingerprint density at radius 3 is 2.56 bits per heavy atom. The number of nitrogens with zero attached hydrogens (tertiary/aromatic N) is 2. The predicted octanol–water partition coefficient (Wildman–Crippen LogP) is 3.21. The van der Waals surface area contributed by atoms with Crippen LogP contribution in [-0.2, 0) is 12.7 Å². The Balaban J connectivity index is 2.76. The lowest BCUT2D eigenvalue weighted by Gasteiger charge is -2.08. The summed E-state index contributed by atoms with van der Waals surface area (Å²) in [4.78, 5) is 3.41. The van der Waals surface area contributed by atoms with E-state index in [1.807, 2.05) is 0 Å². The Kier molecular flexibility index (Phi) is 2.36. The highest BCUT2D eigenvalue weighted by Gasteiger charge is 2.37. The maximum atomic E-state index is 12.8. The topological polar surface area (TPSA) is 17.8 Å². The van der Waals surface area contributed by atoms with Crippen molar-refractivity contribution in [3.05, 3.63) is 29.8 Å². The second kappa shape index (κ2) is 3.47. The summed E-state index contributed by atoms with van der Waals surface area (Å²) in [5.41, 5.74) is 0.311. The van der Waals surface area contributed by atoms with Crippen LogP contribution in [0.5, 0.6) is 0 Å². The number of benzene rings is 1. The maximum absolute atomic E-state index is 12.8. The number of fused-ring (bicyclic) bond motifs is 1. The van der Waals surface area contributed by atoms with Gasteiger partial charge in [0, 0.05) is 12.6 Å². The minimum absolute atomic E-state index is 0.0224. The van der Waals surface area contributed by atoms with Gasteiger partial charge in [0.2, 0.25) is 5.82 Å². The Bertz CT molecular complexity index is 527. The van der Waals surface area contributed by atoms with Gasteiger partial charge >= 0.3 is 6.18 Å². The van der Waals surface area contributed by atoms with Crippen LogP contribution in [0.4, 0.5) is 17.6 Å². The van der Waals surface area contributed by atoms with Crippen molar-refractivity contribution in [1.82, 2.24) is 9.55 Å². The average molecular weight is 232 g/mol. The van der Waals surface area contributed by atoms with E-state index in [4.69, 9.17) is 0 Å². The van der Waals surface area contributed by atoms with E-state index in [9.17, 15) is 17.6 Å². The van der Waals surface area contributed by atoms with Crippen molar-refractivity contribution in [2.75, 3.05) is 0 Å². The third-order valence-electron chi connectivity index (χ3n) is 2.28. The smallest absolute Gasteiger partial charge is 0.321 e. The molecule has 0 fully saturated rings. The van der Waals surface area contributed by atoms with E-state index < -0.39 is 17.8 Å². The molecule has 1 aromatic carbocycles. The van der Waals surface area contributed by atoms with Crippen LogP contribution in [0.25, 0.3) is 11.0 Å². The van der Waals surface area contributed by atoms with Crippen molar-refractivity contribution in [2.24, 2.45) is 0 Å². The molecule has 0 saturated carbocycles. The second-order valence-corrected chi connectivity index (χ2v) is 3.31. The largest absolute Gasteiger partial charge is 0.449 e. The number of hydrogen-bond acceptors (Lipinski definition) is 1. The molecule has 16 heavy (non-hydrogen) atoms. The van der Waals surface area contributed by atoms with Crippen molar-refractivity contribution in [3.63, 3.8) is 0 Å². The molecule has 86 valence electrons. The molecular formula is C10H8F4N2. The van der Waals surface area contributed by atoms with Crippen LogP contribution in [0.15, 0.2) is 18.2 Å². The lowest BCUT2D eigenvalue weighted by atomic mass is 10.3. The SMILES string of the molecule is CCn1c(C(F)(F)F)nc2cc(F)ccc21. The van der Waals surface area contributed by atoms with Crippen LogP contribution >= 0.6 is 0 Å². The third-order valence-corrected chi connectivity index (χ3v) is 2.28. The van der Waals surface area contributed by atoms with Crippen molar-refractivity contribution < 1.29 is 17.6 Å². The van der Waals surface area contributed by atoms with Gasteiger partial charge in [-0.2, -0.15) is 13.2 Å². The summed E-state index contributed by atoms with van der Waals surface area (Å²) in [5, 5.41) is 0. The monoisotopic (exact) mass is 232 g/mol. The van der Waals surface area contributed by atoms with Gasteiger partial charge in [-0.25, -0.2) is 9.37 Å². The molecular weight excluding hydrogens is 224 g/mol. The first-order valence-corrected chi connectivity index (χ1v) is 4.66. The minimum Gasteiger partial charge on any atom is -0.321 e. The number of aryl methyl sites for hydroxylation is 1. The van der Waals surface area contributed by atoms with Gasteiger partial charge < -0.3 is 4.57 Å². The van der Waals surface area contributed by atoms with E-state index >= 15 is 0 Å². The first kappa shape index (κ1) is 10.9. The maximum Gasteiger partial charge on any atom is 0.449 e. The number of hydrogen-bond donors (Lipinski definition) is 0. The highest BCUT2D eigenvalue weighted by atomic mass is 19.4. The molecule has 2 rings (SSSR count). The summed E-state index contributed by atoms with van der Waals surface area (Å²) in [6.45, 7) is 1.72. The fraction of sp³-hybridized carbons (Fsp3) is 0.300. The number of alkyl halides is 3. The molecule has 0 aliphatic carbocycles. The Morgan fingerprint density at radius 2 is 2.00 bits per heavy atom. The average Bonchev–Trinajstić information content (AvgIpc) is 2.54. The number of rotatable bonds is 1. The van der Waals surface area contributed by atoms with Gasteiger partial charge in [0.25, 0.3) is 0 Å².